The van der Waals surface area contributed by atoms with E-state index in [1.165, 1.54) is 17.0 Å². The molecule has 0 bridgehead atoms. The van der Waals surface area contributed by atoms with Crippen molar-refractivity contribution in [1.82, 2.24) is 19.8 Å². The predicted molar refractivity (Wildman–Crippen MR) is 141 cm³/mol. The number of nitrogens with zero attached hydrogens (tertiary/aromatic N) is 3. The monoisotopic (exact) mass is 516 g/mol. The van der Waals surface area contributed by atoms with E-state index in [4.69, 9.17) is 9.47 Å². The maximum atomic E-state index is 13.2. The van der Waals surface area contributed by atoms with Crippen LogP contribution in [0.25, 0.3) is 11.3 Å². The first-order valence-corrected chi connectivity index (χ1v) is 13.2. The van der Waals surface area contributed by atoms with E-state index in [1.54, 1.807) is 0 Å². The van der Waals surface area contributed by atoms with E-state index in [-0.39, 0.29) is 24.9 Å². The summed E-state index contributed by atoms with van der Waals surface area (Å²) in [5.74, 6) is 1.40. The Balaban J connectivity index is 1.15. The third-order valence-electron chi connectivity index (χ3n) is 8.39. The molecule has 1 aromatic heterocycles. The lowest BCUT2D eigenvalue weighted by atomic mass is 9.66. The summed E-state index contributed by atoms with van der Waals surface area (Å²) in [7, 11) is 0. The summed E-state index contributed by atoms with van der Waals surface area (Å²) < 4.78 is 12.3. The van der Waals surface area contributed by atoms with Crippen LogP contribution < -0.4 is 20.3 Å². The zero-order chi connectivity index (χ0) is 26.2. The van der Waals surface area contributed by atoms with Gasteiger partial charge in [-0.1, -0.05) is 49.2 Å². The van der Waals surface area contributed by atoms with Gasteiger partial charge >= 0.3 is 6.03 Å². The van der Waals surface area contributed by atoms with Crippen LogP contribution in [0.1, 0.15) is 37.7 Å². The van der Waals surface area contributed by atoms with Gasteiger partial charge in [0, 0.05) is 36.7 Å². The molecular weight excluding hydrogens is 484 g/mol. The average Bonchev–Trinajstić information content (AvgIpc) is 3.61. The van der Waals surface area contributed by atoms with Gasteiger partial charge in [-0.05, 0) is 37.0 Å². The first kappa shape index (κ1) is 24.5. The smallest absolute Gasteiger partial charge is 0.317 e. The summed E-state index contributed by atoms with van der Waals surface area (Å²) in [6.45, 7) is 1.62. The number of nitrogens with one attached hydrogen (secondary N) is 1. The normalized spacial score (nSPS) is 21.6. The lowest BCUT2D eigenvalue weighted by molar-refractivity contribution is -0.135. The van der Waals surface area contributed by atoms with Crippen LogP contribution in [0.4, 0.5) is 4.79 Å². The van der Waals surface area contributed by atoms with Crippen LogP contribution in [-0.4, -0.2) is 51.1 Å². The number of hydrogen-bond donors (Lipinski definition) is 2. The van der Waals surface area contributed by atoms with Crippen molar-refractivity contribution in [3.05, 3.63) is 76.8 Å². The van der Waals surface area contributed by atoms with Gasteiger partial charge in [0.2, 0.25) is 6.79 Å². The van der Waals surface area contributed by atoms with Gasteiger partial charge in [0.15, 0.2) is 11.5 Å². The van der Waals surface area contributed by atoms with Crippen molar-refractivity contribution >= 4 is 6.03 Å². The third-order valence-corrected chi connectivity index (χ3v) is 8.39. The highest BCUT2D eigenvalue weighted by Gasteiger charge is 2.55. The standard InChI is InChI=1S/C29H32N4O5/c34-26-15-23(22-6-2-1-3-7-22)31-19-33(26)18-29(36)12-13-32(17-28(29)10-4-5-11-28)27(35)30-16-21-8-9-24-25(14-21)38-20-37-24/h1-3,6-9,14-15,19,36H,4-5,10-13,16-18,20H2,(H,30,35)/t29-/m1/s1. The van der Waals surface area contributed by atoms with Crippen LogP contribution in [0.3, 0.4) is 0 Å². The number of carbonyl (C=O) groups excluding carboxylic acids is 1. The Morgan fingerprint density at radius 2 is 1.82 bits per heavy atom. The quantitative estimate of drug-likeness (QED) is 0.537. The molecule has 9 heteroatoms. The minimum absolute atomic E-state index is 0.151. The van der Waals surface area contributed by atoms with Crippen molar-refractivity contribution < 1.29 is 19.4 Å². The topological polar surface area (TPSA) is 106 Å². The van der Waals surface area contributed by atoms with Gasteiger partial charge in [-0.15, -0.1) is 0 Å². The highest BCUT2D eigenvalue weighted by molar-refractivity contribution is 5.74. The molecule has 38 heavy (non-hydrogen) atoms. The second-order valence-electron chi connectivity index (χ2n) is 10.6. The molecule has 1 saturated heterocycles. The highest BCUT2D eigenvalue weighted by atomic mass is 16.7. The van der Waals surface area contributed by atoms with E-state index in [0.717, 1.165) is 36.8 Å². The number of likely N-dealkylation sites (tertiary alicyclic amines) is 1. The number of piperidine rings is 1. The molecule has 0 unspecified atom stereocenters. The number of hydrogen-bond acceptors (Lipinski definition) is 6. The Morgan fingerprint density at radius 1 is 1.03 bits per heavy atom. The molecule has 9 nitrogen and oxygen atoms in total. The van der Waals surface area contributed by atoms with Gasteiger partial charge in [0.05, 0.1) is 24.2 Å². The molecule has 1 atom stereocenters. The fourth-order valence-corrected chi connectivity index (χ4v) is 6.21. The summed E-state index contributed by atoms with van der Waals surface area (Å²) in [5.41, 5.74) is 0.670. The van der Waals surface area contributed by atoms with Crippen molar-refractivity contribution in [3.8, 4) is 22.8 Å². The number of rotatable bonds is 5. The number of urea groups is 1. The van der Waals surface area contributed by atoms with E-state index in [0.29, 0.717) is 43.2 Å². The van der Waals surface area contributed by atoms with E-state index < -0.39 is 11.0 Å². The van der Waals surface area contributed by atoms with Gasteiger partial charge < -0.3 is 24.8 Å². The summed E-state index contributed by atoms with van der Waals surface area (Å²) in [5, 5.41) is 15.0. The van der Waals surface area contributed by atoms with Crippen LogP contribution in [0.2, 0.25) is 0 Å². The summed E-state index contributed by atoms with van der Waals surface area (Å²) in [4.78, 5) is 32.5. The molecule has 3 aromatic rings. The third kappa shape index (κ3) is 4.51. The van der Waals surface area contributed by atoms with E-state index in [9.17, 15) is 14.7 Å². The second-order valence-corrected chi connectivity index (χ2v) is 10.6. The minimum atomic E-state index is -1.10. The molecule has 2 amide bonds. The SMILES string of the molecule is O=C(NCc1ccc2c(c1)OCO2)N1CC[C@@](O)(Cn2cnc(-c3ccccc3)cc2=O)C2(CCCC2)C1. The molecule has 0 radical (unpaired) electrons. The van der Waals surface area contributed by atoms with Gasteiger partial charge in [-0.2, -0.15) is 0 Å². The number of carbonyl (C=O) groups is 1. The van der Waals surface area contributed by atoms with Crippen LogP contribution in [0.5, 0.6) is 11.5 Å². The van der Waals surface area contributed by atoms with Crippen LogP contribution in [0, 0.1) is 5.41 Å². The molecule has 198 valence electrons. The predicted octanol–water partition coefficient (Wildman–Crippen LogP) is 3.55. The first-order chi connectivity index (χ1) is 18.4. The van der Waals surface area contributed by atoms with Crippen LogP contribution in [0.15, 0.2) is 65.7 Å². The number of fused-ring (bicyclic) bond motifs is 1. The fraction of sp³-hybridized carbons (Fsp3) is 0.414. The van der Waals surface area contributed by atoms with Crippen molar-refractivity contribution in [2.24, 2.45) is 5.41 Å². The van der Waals surface area contributed by atoms with Gasteiger partial charge in [-0.3, -0.25) is 9.36 Å². The molecule has 1 spiro atoms. The molecule has 6 rings (SSSR count). The summed E-state index contributed by atoms with van der Waals surface area (Å²) in [6, 6.07) is 16.6. The molecule has 3 aliphatic rings. The Labute approximate surface area is 221 Å². The lowest BCUT2D eigenvalue weighted by Crippen LogP contribution is -2.63. The number of amides is 2. The Morgan fingerprint density at radius 3 is 2.61 bits per heavy atom. The van der Waals surface area contributed by atoms with Gasteiger partial charge in [0.1, 0.15) is 0 Å². The van der Waals surface area contributed by atoms with Crippen molar-refractivity contribution in [2.75, 3.05) is 19.9 Å². The summed E-state index contributed by atoms with van der Waals surface area (Å²) in [6.07, 6.45) is 5.57. The van der Waals surface area contributed by atoms with Gasteiger partial charge in [0.25, 0.3) is 5.56 Å². The number of aliphatic hydroxyl groups is 1. The Bertz CT molecular complexity index is 1390. The van der Waals surface area contributed by atoms with Crippen LogP contribution >= 0.6 is 0 Å². The molecule has 1 aliphatic carbocycles. The molecule has 2 aliphatic heterocycles. The molecule has 1 saturated carbocycles. The Kier molecular flexibility index (Phi) is 6.31. The van der Waals surface area contributed by atoms with Crippen LogP contribution in [-0.2, 0) is 13.1 Å². The largest absolute Gasteiger partial charge is 0.454 e. The average molecular weight is 517 g/mol. The van der Waals surface area contributed by atoms with Crippen molar-refractivity contribution in [3.63, 3.8) is 0 Å². The molecular formula is C29H32N4O5. The second kappa shape index (κ2) is 9.79. The lowest BCUT2D eigenvalue weighted by Gasteiger charge is -2.52. The number of benzene rings is 2. The molecule has 2 aromatic carbocycles. The maximum absolute atomic E-state index is 13.2. The van der Waals surface area contributed by atoms with Gasteiger partial charge in [-0.25, -0.2) is 9.78 Å². The minimum Gasteiger partial charge on any atom is -0.454 e. The molecule has 2 fully saturated rings. The zero-order valence-corrected chi connectivity index (χ0v) is 21.3. The Hall–Kier alpha value is -3.85. The number of ether oxygens (including phenoxy) is 2. The fourth-order valence-electron chi connectivity index (χ4n) is 6.21. The molecule has 3 heterocycles. The van der Waals surface area contributed by atoms with E-state index in [1.807, 2.05) is 53.4 Å². The molecule has 2 N–H and O–H groups in total. The van der Waals surface area contributed by atoms with E-state index in [2.05, 4.69) is 10.3 Å². The van der Waals surface area contributed by atoms with E-state index >= 15 is 0 Å². The first-order valence-electron chi connectivity index (χ1n) is 13.2. The number of aromatic nitrogens is 2. The summed E-state index contributed by atoms with van der Waals surface area (Å²) >= 11 is 0. The zero-order valence-electron chi connectivity index (χ0n) is 21.3. The van der Waals surface area contributed by atoms with Crippen molar-refractivity contribution in [1.29, 1.82) is 0 Å². The highest BCUT2D eigenvalue weighted by Crippen LogP contribution is 2.51. The maximum Gasteiger partial charge on any atom is 0.317 e. The van der Waals surface area contributed by atoms with Crippen molar-refractivity contribution in [2.45, 2.75) is 50.8 Å².